The topological polar surface area (TPSA) is 119 Å². The lowest BCUT2D eigenvalue weighted by Crippen LogP contribution is -2.49. The molecular formula is C37H45ClN4O6S. The maximum atomic E-state index is 13.4. The van der Waals surface area contributed by atoms with E-state index in [9.17, 15) is 18.0 Å². The van der Waals surface area contributed by atoms with Gasteiger partial charge in [0.05, 0.1) is 30.2 Å². The monoisotopic (exact) mass is 708 g/mol. The molecule has 0 N–H and O–H groups in total. The Labute approximate surface area is 294 Å². The molecule has 1 spiro atoms. The molecule has 0 radical (unpaired) electrons. The van der Waals surface area contributed by atoms with Gasteiger partial charge in [-0.1, -0.05) is 24.6 Å². The van der Waals surface area contributed by atoms with Gasteiger partial charge in [-0.15, -0.1) is 0 Å². The van der Waals surface area contributed by atoms with Crippen molar-refractivity contribution in [3.05, 3.63) is 76.6 Å². The second-order valence-electron chi connectivity index (χ2n) is 14.1. The van der Waals surface area contributed by atoms with Crippen LogP contribution >= 0.6 is 11.6 Å². The van der Waals surface area contributed by atoms with Crippen molar-refractivity contribution < 1.29 is 27.5 Å². The molecule has 2 aromatic carbocycles. The molecule has 0 unspecified atom stereocenters. The molecule has 6 rings (SSSR count). The van der Waals surface area contributed by atoms with Crippen molar-refractivity contribution in [1.29, 1.82) is 0 Å². The number of fused-ring (bicyclic) bond motifs is 3. The number of hydrogen-bond donors (Lipinski definition) is 0. The SMILES string of the molecule is COC(=O)c1ccc2c(c1)N(C[C@@H]1CC[C@H]1CN(C)C(=O)C[C@H](C)[C@H](C)S(=O)(=O)c1ncccn1)C[C@@]1(CCCc3cc(Cl)ccc31)CO2. The highest BCUT2D eigenvalue weighted by Gasteiger charge is 2.44. The van der Waals surface area contributed by atoms with Crippen LogP contribution in [0.15, 0.2) is 60.0 Å². The number of rotatable bonds is 10. The van der Waals surface area contributed by atoms with E-state index in [1.165, 1.54) is 30.6 Å². The van der Waals surface area contributed by atoms with E-state index in [0.29, 0.717) is 24.6 Å². The summed E-state index contributed by atoms with van der Waals surface area (Å²) in [4.78, 5) is 38.0. The van der Waals surface area contributed by atoms with Crippen molar-refractivity contribution in [3.63, 3.8) is 0 Å². The van der Waals surface area contributed by atoms with Gasteiger partial charge < -0.3 is 19.3 Å². The van der Waals surface area contributed by atoms with Crippen LogP contribution in [-0.2, 0) is 31.2 Å². The van der Waals surface area contributed by atoms with Crippen molar-refractivity contribution >= 4 is 39.0 Å². The number of halogens is 1. The van der Waals surface area contributed by atoms with Crippen LogP contribution in [0, 0.1) is 17.8 Å². The third kappa shape index (κ3) is 7.15. The van der Waals surface area contributed by atoms with Crippen LogP contribution in [0.1, 0.15) is 67.4 Å². The van der Waals surface area contributed by atoms with Gasteiger partial charge in [0.15, 0.2) is 0 Å². The Kier molecular flexibility index (Phi) is 10.2. The van der Waals surface area contributed by atoms with Crippen molar-refractivity contribution in [2.75, 3.05) is 45.3 Å². The van der Waals surface area contributed by atoms with Crippen LogP contribution in [0.4, 0.5) is 5.69 Å². The van der Waals surface area contributed by atoms with E-state index in [4.69, 9.17) is 21.1 Å². The molecule has 1 saturated carbocycles. The molecule has 12 heteroatoms. The molecule has 1 aliphatic heterocycles. The molecule has 5 atom stereocenters. The summed E-state index contributed by atoms with van der Waals surface area (Å²) in [6.07, 6.45) is 7.94. The largest absolute Gasteiger partial charge is 0.490 e. The maximum Gasteiger partial charge on any atom is 0.337 e. The predicted molar refractivity (Wildman–Crippen MR) is 188 cm³/mol. The number of amides is 1. The number of ether oxygens (including phenoxy) is 2. The van der Waals surface area contributed by atoms with E-state index in [2.05, 4.69) is 27.0 Å². The summed E-state index contributed by atoms with van der Waals surface area (Å²) in [5.74, 6) is 0.458. The number of anilines is 1. The van der Waals surface area contributed by atoms with Crippen molar-refractivity contribution in [2.45, 2.75) is 68.2 Å². The minimum atomic E-state index is -3.77. The Morgan fingerprint density at radius 2 is 1.88 bits per heavy atom. The number of aromatic nitrogens is 2. The molecule has 1 fully saturated rings. The fourth-order valence-corrected chi connectivity index (χ4v) is 9.37. The van der Waals surface area contributed by atoms with Crippen LogP contribution in [-0.4, -0.2) is 80.8 Å². The molecule has 2 aliphatic carbocycles. The smallest absolute Gasteiger partial charge is 0.337 e. The number of esters is 1. The predicted octanol–water partition coefficient (Wildman–Crippen LogP) is 5.76. The molecule has 10 nitrogen and oxygen atoms in total. The van der Waals surface area contributed by atoms with Crippen molar-refractivity contribution in [2.24, 2.45) is 17.8 Å². The van der Waals surface area contributed by atoms with Gasteiger partial charge in [0, 0.05) is 55.9 Å². The zero-order valence-corrected chi connectivity index (χ0v) is 30.2. The first-order valence-corrected chi connectivity index (χ1v) is 19.0. The van der Waals surface area contributed by atoms with E-state index in [0.717, 1.165) is 61.7 Å². The van der Waals surface area contributed by atoms with Gasteiger partial charge in [-0.05, 0) is 104 Å². The van der Waals surface area contributed by atoms with Crippen molar-refractivity contribution in [3.8, 4) is 5.75 Å². The Balaban J connectivity index is 1.18. The molecule has 2 heterocycles. The first-order valence-electron chi connectivity index (χ1n) is 17.1. The zero-order chi connectivity index (χ0) is 34.9. The Morgan fingerprint density at radius 1 is 1.12 bits per heavy atom. The summed E-state index contributed by atoms with van der Waals surface area (Å²) < 4.78 is 37.8. The summed E-state index contributed by atoms with van der Waals surface area (Å²) in [5.41, 5.74) is 3.64. The summed E-state index contributed by atoms with van der Waals surface area (Å²) in [6.45, 7) is 6.00. The first kappa shape index (κ1) is 35.1. The zero-order valence-electron chi connectivity index (χ0n) is 28.6. The number of carbonyl (C=O) groups is 2. The molecular weight excluding hydrogens is 664 g/mol. The Hall–Kier alpha value is -3.70. The van der Waals surface area contributed by atoms with Gasteiger partial charge in [-0.2, -0.15) is 0 Å². The average molecular weight is 709 g/mol. The number of benzene rings is 2. The fraction of sp³-hybridized carbons (Fsp3) is 0.514. The summed E-state index contributed by atoms with van der Waals surface area (Å²) in [5, 5.41) is -0.286. The molecule has 3 aromatic rings. The minimum Gasteiger partial charge on any atom is -0.490 e. The lowest BCUT2D eigenvalue weighted by molar-refractivity contribution is -0.132. The van der Waals surface area contributed by atoms with Crippen LogP contribution in [0.3, 0.4) is 0 Å². The molecule has 262 valence electrons. The van der Waals surface area contributed by atoms with E-state index in [1.54, 1.807) is 37.9 Å². The highest BCUT2D eigenvalue weighted by Crippen LogP contribution is 2.46. The third-order valence-electron chi connectivity index (χ3n) is 11.0. The highest BCUT2D eigenvalue weighted by molar-refractivity contribution is 7.91. The van der Waals surface area contributed by atoms with Gasteiger partial charge in [0.2, 0.25) is 20.9 Å². The number of hydrogen-bond acceptors (Lipinski definition) is 9. The van der Waals surface area contributed by atoms with E-state index < -0.39 is 27.0 Å². The Morgan fingerprint density at radius 3 is 2.59 bits per heavy atom. The van der Waals surface area contributed by atoms with Gasteiger partial charge in [0.25, 0.3) is 0 Å². The van der Waals surface area contributed by atoms with Gasteiger partial charge in [0.1, 0.15) is 5.75 Å². The quantitative estimate of drug-likeness (QED) is 0.191. The first-order chi connectivity index (χ1) is 23.4. The maximum absolute atomic E-state index is 13.4. The molecule has 3 aliphatic rings. The third-order valence-corrected chi connectivity index (χ3v) is 13.4. The van der Waals surface area contributed by atoms with Crippen LogP contribution in [0.5, 0.6) is 5.75 Å². The number of methoxy groups -OCH3 is 1. The van der Waals surface area contributed by atoms with Crippen LogP contribution in [0.25, 0.3) is 0 Å². The van der Waals surface area contributed by atoms with Gasteiger partial charge >= 0.3 is 5.97 Å². The van der Waals surface area contributed by atoms with E-state index in [-0.39, 0.29) is 28.8 Å². The van der Waals surface area contributed by atoms with Crippen LogP contribution < -0.4 is 9.64 Å². The second kappa shape index (κ2) is 14.3. The van der Waals surface area contributed by atoms with Gasteiger partial charge in [-0.25, -0.2) is 23.2 Å². The molecule has 1 aromatic heterocycles. The lowest BCUT2D eigenvalue weighted by atomic mass is 9.69. The molecule has 49 heavy (non-hydrogen) atoms. The van der Waals surface area contributed by atoms with Crippen LogP contribution in [0.2, 0.25) is 5.02 Å². The summed E-state index contributed by atoms with van der Waals surface area (Å²) >= 11 is 6.42. The molecule has 1 amide bonds. The molecule has 0 saturated heterocycles. The normalized spacial score (nSPS) is 22.8. The Bertz CT molecular complexity index is 1810. The van der Waals surface area contributed by atoms with E-state index in [1.807, 2.05) is 18.2 Å². The minimum absolute atomic E-state index is 0.0816. The summed E-state index contributed by atoms with van der Waals surface area (Å²) in [7, 11) is -0.575. The second-order valence-corrected chi connectivity index (χ2v) is 16.7. The number of nitrogens with zero attached hydrogens (tertiary/aromatic N) is 4. The number of aryl methyl sites for hydroxylation is 1. The van der Waals surface area contributed by atoms with E-state index >= 15 is 0 Å². The number of sulfone groups is 1. The lowest BCUT2D eigenvalue weighted by Gasteiger charge is -2.45. The standard InChI is InChI=1S/C37H45ClN4O6S/c1-24(25(2)49(45,46)36-39-15-6-16-40-36)17-34(43)41(3)20-28-8-9-29(28)21-42-22-37(14-5-7-26-18-30(38)11-12-31(26)37)23-48-33-13-10-27(19-32(33)42)35(44)47-4/h6,10-13,15-16,18-19,24-25,28-29H,5,7-9,14,17,20-23H2,1-4H3/t24-,25-,28-,29-,37-/m0/s1. The summed E-state index contributed by atoms with van der Waals surface area (Å²) in [6, 6.07) is 13.3. The van der Waals surface area contributed by atoms with Crippen molar-refractivity contribution in [1.82, 2.24) is 14.9 Å². The van der Waals surface area contributed by atoms with Gasteiger partial charge in [-0.3, -0.25) is 4.79 Å². The fourth-order valence-electron chi connectivity index (χ4n) is 7.72. The highest BCUT2D eigenvalue weighted by atomic mass is 35.5. The molecule has 0 bridgehead atoms. The number of carbonyl (C=O) groups excluding carboxylic acids is 2. The average Bonchev–Trinajstić information content (AvgIpc) is 3.25.